The van der Waals surface area contributed by atoms with E-state index in [1.165, 1.54) is 17.3 Å². The predicted octanol–water partition coefficient (Wildman–Crippen LogP) is 2.19. The first-order valence-electron chi connectivity index (χ1n) is 4.77. The topological polar surface area (TPSA) is 46.5 Å². The van der Waals surface area contributed by atoms with Crippen molar-refractivity contribution in [1.29, 1.82) is 0 Å². The van der Waals surface area contributed by atoms with Gasteiger partial charge < -0.3 is 9.84 Å². The van der Waals surface area contributed by atoms with Crippen molar-refractivity contribution in [3.05, 3.63) is 23.8 Å². The van der Waals surface area contributed by atoms with Crippen molar-refractivity contribution < 1.29 is 14.6 Å². The maximum Gasteiger partial charge on any atom is 0.316 e. The van der Waals surface area contributed by atoms with Crippen LogP contribution >= 0.6 is 11.8 Å². The third kappa shape index (κ3) is 2.09. The molecule has 0 fully saturated rings. The first kappa shape index (κ1) is 10.4. The van der Waals surface area contributed by atoms with Crippen molar-refractivity contribution in [3.63, 3.8) is 0 Å². The van der Waals surface area contributed by atoms with Crippen LogP contribution in [0.25, 0.3) is 0 Å². The van der Waals surface area contributed by atoms with Gasteiger partial charge in [0.05, 0.1) is 7.11 Å². The van der Waals surface area contributed by atoms with E-state index in [4.69, 9.17) is 9.84 Å². The quantitative estimate of drug-likeness (QED) is 0.836. The zero-order valence-electron chi connectivity index (χ0n) is 8.40. The number of fused-ring (bicyclic) bond motifs is 1. The van der Waals surface area contributed by atoms with Crippen LogP contribution in [0, 0.1) is 0 Å². The summed E-state index contributed by atoms with van der Waals surface area (Å²) in [4.78, 5) is 11.9. The largest absolute Gasteiger partial charge is 0.497 e. The molecule has 0 aliphatic carbocycles. The molecular weight excluding hydrogens is 212 g/mol. The standard InChI is InChI=1S/C11H12O3S/c1-14-8-4-2-7-3-5-9(11(12)13)15-10(7)6-8/h2,4,6,9H,3,5H2,1H3,(H,12,13)/t9-/m0/s1. The second-order valence-corrected chi connectivity index (χ2v) is 4.70. The van der Waals surface area contributed by atoms with Crippen LogP contribution in [0.15, 0.2) is 23.1 Å². The molecule has 0 saturated carbocycles. The third-order valence-electron chi connectivity index (χ3n) is 2.49. The molecule has 1 aliphatic heterocycles. The highest BCUT2D eigenvalue weighted by molar-refractivity contribution is 8.00. The van der Waals surface area contributed by atoms with Gasteiger partial charge in [-0.15, -0.1) is 11.8 Å². The normalized spacial score (nSPS) is 19.4. The number of hydrogen-bond acceptors (Lipinski definition) is 3. The molecular formula is C11H12O3S. The van der Waals surface area contributed by atoms with Gasteiger partial charge in [-0.25, -0.2) is 0 Å². The fraction of sp³-hybridized carbons (Fsp3) is 0.364. The molecule has 0 amide bonds. The lowest BCUT2D eigenvalue weighted by Crippen LogP contribution is -2.20. The number of methoxy groups -OCH3 is 1. The van der Waals surface area contributed by atoms with E-state index >= 15 is 0 Å². The summed E-state index contributed by atoms with van der Waals surface area (Å²) >= 11 is 1.42. The molecule has 80 valence electrons. The van der Waals surface area contributed by atoms with E-state index in [1.54, 1.807) is 7.11 Å². The Bertz CT molecular complexity index is 389. The summed E-state index contributed by atoms with van der Waals surface area (Å²) in [5, 5.41) is 8.62. The van der Waals surface area contributed by atoms with Gasteiger partial charge in [0.1, 0.15) is 11.0 Å². The van der Waals surface area contributed by atoms with Gasteiger partial charge in [0.2, 0.25) is 0 Å². The lowest BCUT2D eigenvalue weighted by molar-refractivity contribution is -0.136. The van der Waals surface area contributed by atoms with Gasteiger partial charge in [-0.3, -0.25) is 4.79 Å². The lowest BCUT2D eigenvalue weighted by atomic mass is 10.1. The molecule has 1 N–H and O–H groups in total. The van der Waals surface area contributed by atoms with E-state index in [1.807, 2.05) is 18.2 Å². The van der Waals surface area contributed by atoms with Gasteiger partial charge in [0.15, 0.2) is 0 Å². The number of carboxylic acid groups (broad SMARTS) is 1. The summed E-state index contributed by atoms with van der Waals surface area (Å²) < 4.78 is 5.12. The summed E-state index contributed by atoms with van der Waals surface area (Å²) in [6.45, 7) is 0. The first-order valence-corrected chi connectivity index (χ1v) is 5.65. The molecule has 3 nitrogen and oxygen atoms in total. The minimum Gasteiger partial charge on any atom is -0.497 e. The number of thioether (sulfide) groups is 1. The van der Waals surface area contributed by atoms with Crippen LogP contribution in [-0.2, 0) is 11.2 Å². The molecule has 0 aromatic heterocycles. The Morgan fingerprint density at radius 1 is 1.60 bits per heavy atom. The lowest BCUT2D eigenvalue weighted by Gasteiger charge is -2.21. The molecule has 0 spiro atoms. The monoisotopic (exact) mass is 224 g/mol. The molecule has 0 radical (unpaired) electrons. The van der Waals surface area contributed by atoms with Crippen LogP contribution in [0.3, 0.4) is 0 Å². The Labute approximate surface area is 92.4 Å². The molecule has 4 heteroatoms. The van der Waals surface area contributed by atoms with Crippen molar-refractivity contribution >= 4 is 17.7 Å². The highest BCUT2D eigenvalue weighted by Crippen LogP contribution is 2.37. The molecule has 0 unspecified atom stereocenters. The van der Waals surface area contributed by atoms with E-state index in [2.05, 4.69) is 0 Å². The fourth-order valence-corrected chi connectivity index (χ4v) is 2.80. The molecule has 1 aliphatic rings. The van der Waals surface area contributed by atoms with Crippen molar-refractivity contribution in [3.8, 4) is 5.75 Å². The van der Waals surface area contributed by atoms with Crippen molar-refractivity contribution in [2.75, 3.05) is 7.11 Å². The average Bonchev–Trinajstić information content (AvgIpc) is 2.27. The van der Waals surface area contributed by atoms with Crippen LogP contribution in [0.2, 0.25) is 0 Å². The Kier molecular flexibility index (Phi) is 2.86. The number of carbonyl (C=O) groups is 1. The maximum atomic E-state index is 10.9. The van der Waals surface area contributed by atoms with Crippen LogP contribution in [-0.4, -0.2) is 23.4 Å². The number of aryl methyl sites for hydroxylation is 1. The van der Waals surface area contributed by atoms with Gasteiger partial charge in [-0.1, -0.05) is 6.07 Å². The summed E-state index contributed by atoms with van der Waals surface area (Å²) in [5.41, 5.74) is 1.22. The number of ether oxygens (including phenoxy) is 1. The van der Waals surface area contributed by atoms with Crippen LogP contribution in [0.1, 0.15) is 12.0 Å². The van der Waals surface area contributed by atoms with Gasteiger partial charge >= 0.3 is 5.97 Å². The first-order chi connectivity index (χ1) is 7.20. The summed E-state index contributed by atoms with van der Waals surface area (Å²) in [7, 11) is 1.61. The van der Waals surface area contributed by atoms with Crippen molar-refractivity contribution in [2.45, 2.75) is 23.0 Å². The molecule has 15 heavy (non-hydrogen) atoms. The Morgan fingerprint density at radius 2 is 2.40 bits per heavy atom. The summed E-state index contributed by atoms with van der Waals surface area (Å²) in [5.74, 6) is 0.0563. The van der Waals surface area contributed by atoms with Gasteiger partial charge in [0.25, 0.3) is 0 Å². The average molecular weight is 224 g/mol. The zero-order valence-corrected chi connectivity index (χ0v) is 9.21. The Balaban J connectivity index is 2.27. The minimum absolute atomic E-state index is 0.315. The smallest absolute Gasteiger partial charge is 0.316 e. The second-order valence-electron chi connectivity index (χ2n) is 3.46. The fourth-order valence-electron chi connectivity index (χ4n) is 1.65. The SMILES string of the molecule is COc1ccc2c(c1)S[C@H](C(=O)O)CC2. The maximum absolute atomic E-state index is 10.9. The molecule has 0 saturated heterocycles. The Morgan fingerprint density at radius 3 is 3.07 bits per heavy atom. The van der Waals surface area contributed by atoms with Crippen LogP contribution in [0.4, 0.5) is 0 Å². The highest BCUT2D eigenvalue weighted by atomic mass is 32.2. The zero-order chi connectivity index (χ0) is 10.8. The molecule has 0 bridgehead atoms. The molecule has 1 aromatic carbocycles. The second kappa shape index (κ2) is 4.14. The number of hydrogen-bond donors (Lipinski definition) is 1. The number of rotatable bonds is 2. The summed E-state index contributed by atoms with van der Waals surface area (Å²) in [6, 6.07) is 5.84. The number of aliphatic carboxylic acids is 1. The number of benzene rings is 1. The molecule has 1 aromatic rings. The van der Waals surface area contributed by atoms with Crippen molar-refractivity contribution in [1.82, 2.24) is 0 Å². The van der Waals surface area contributed by atoms with Gasteiger partial charge in [-0.05, 0) is 30.5 Å². The van der Waals surface area contributed by atoms with Gasteiger partial charge in [0, 0.05) is 4.90 Å². The van der Waals surface area contributed by atoms with E-state index < -0.39 is 5.97 Å². The summed E-state index contributed by atoms with van der Waals surface area (Å²) in [6.07, 6.45) is 1.54. The number of carboxylic acids is 1. The van der Waals surface area contributed by atoms with E-state index in [0.717, 1.165) is 17.1 Å². The molecule has 1 atom stereocenters. The van der Waals surface area contributed by atoms with Crippen molar-refractivity contribution in [2.24, 2.45) is 0 Å². The van der Waals surface area contributed by atoms with E-state index in [-0.39, 0.29) is 5.25 Å². The van der Waals surface area contributed by atoms with Crippen LogP contribution < -0.4 is 4.74 Å². The molecule has 2 rings (SSSR count). The Hall–Kier alpha value is -1.16. The van der Waals surface area contributed by atoms with Gasteiger partial charge in [-0.2, -0.15) is 0 Å². The van der Waals surface area contributed by atoms with Crippen LogP contribution in [0.5, 0.6) is 5.75 Å². The minimum atomic E-state index is -0.728. The molecule has 1 heterocycles. The van der Waals surface area contributed by atoms with E-state index in [0.29, 0.717) is 6.42 Å². The highest BCUT2D eigenvalue weighted by Gasteiger charge is 2.25. The third-order valence-corrected chi connectivity index (χ3v) is 3.85. The predicted molar refractivity (Wildman–Crippen MR) is 58.6 cm³/mol. The van der Waals surface area contributed by atoms with E-state index in [9.17, 15) is 4.79 Å².